The third kappa shape index (κ3) is 7.03. The van der Waals surface area contributed by atoms with Crippen molar-refractivity contribution in [3.63, 3.8) is 0 Å². The summed E-state index contributed by atoms with van der Waals surface area (Å²) in [5, 5.41) is 5.73. The zero-order valence-corrected chi connectivity index (χ0v) is 15.6. The molecule has 0 radical (unpaired) electrons. The van der Waals surface area contributed by atoms with Crippen molar-refractivity contribution < 1.29 is 14.3 Å². The largest absolute Gasteiger partial charge is 0.376 e. The summed E-state index contributed by atoms with van der Waals surface area (Å²) in [6, 6.07) is 7.53. The van der Waals surface area contributed by atoms with Crippen LogP contribution >= 0.6 is 0 Å². The lowest BCUT2D eigenvalue weighted by Gasteiger charge is -2.22. The lowest BCUT2D eigenvalue weighted by atomic mass is 10.1. The summed E-state index contributed by atoms with van der Waals surface area (Å²) in [6.07, 6.45) is 9.93. The van der Waals surface area contributed by atoms with Crippen LogP contribution in [0.3, 0.4) is 0 Å². The molecule has 2 amide bonds. The molecule has 1 aromatic carbocycles. The normalized spacial score (nSPS) is 16.8. The van der Waals surface area contributed by atoms with Gasteiger partial charge < -0.3 is 24.7 Å². The highest BCUT2D eigenvalue weighted by molar-refractivity contribution is 5.89. The van der Waals surface area contributed by atoms with E-state index >= 15 is 0 Å². The summed E-state index contributed by atoms with van der Waals surface area (Å²) >= 11 is 0. The summed E-state index contributed by atoms with van der Waals surface area (Å²) in [5.41, 5.74) is 1.79. The van der Waals surface area contributed by atoms with Gasteiger partial charge >= 0.3 is 6.03 Å². The van der Waals surface area contributed by atoms with Crippen molar-refractivity contribution in [2.75, 3.05) is 25.1 Å². The Balaban J connectivity index is 1.34. The van der Waals surface area contributed by atoms with Gasteiger partial charge in [0.05, 0.1) is 25.6 Å². The number of rotatable bonds is 9. The molecule has 3 rings (SSSR count). The van der Waals surface area contributed by atoms with Crippen molar-refractivity contribution in [2.24, 2.45) is 0 Å². The number of anilines is 1. The van der Waals surface area contributed by atoms with Crippen LogP contribution in [0.4, 0.5) is 10.5 Å². The van der Waals surface area contributed by atoms with E-state index in [4.69, 9.17) is 9.47 Å². The number of aryl methyl sites for hydroxylation is 1. The van der Waals surface area contributed by atoms with Crippen LogP contribution < -0.4 is 10.6 Å². The molecule has 1 atom stereocenters. The molecule has 0 bridgehead atoms. The maximum atomic E-state index is 12.0. The minimum atomic E-state index is -0.200. The van der Waals surface area contributed by atoms with Gasteiger partial charge in [-0.15, -0.1) is 0 Å². The second kappa shape index (κ2) is 10.7. The molecule has 2 N–H and O–H groups in total. The van der Waals surface area contributed by atoms with Crippen LogP contribution in [0.5, 0.6) is 0 Å². The van der Waals surface area contributed by atoms with E-state index < -0.39 is 0 Å². The van der Waals surface area contributed by atoms with Crippen LogP contribution in [0.2, 0.25) is 0 Å². The number of nitrogens with one attached hydrogen (secondary N) is 2. The monoisotopic (exact) mass is 372 g/mol. The lowest BCUT2D eigenvalue weighted by molar-refractivity contribution is -0.0447. The van der Waals surface area contributed by atoms with Crippen LogP contribution in [0.1, 0.15) is 31.2 Å². The Morgan fingerprint density at radius 2 is 2.33 bits per heavy atom. The molecule has 1 aromatic heterocycles. The number of carbonyl (C=O) groups excluding carboxylic acids is 1. The summed E-state index contributed by atoms with van der Waals surface area (Å²) in [4.78, 5) is 16.0. The number of nitrogens with zero attached hydrogens (tertiary/aromatic N) is 2. The lowest BCUT2D eigenvalue weighted by Crippen LogP contribution is -2.30. The van der Waals surface area contributed by atoms with Crippen LogP contribution in [-0.2, 0) is 22.6 Å². The van der Waals surface area contributed by atoms with Crippen LogP contribution in [0.15, 0.2) is 43.0 Å². The van der Waals surface area contributed by atoms with E-state index in [1.807, 2.05) is 35.0 Å². The summed E-state index contributed by atoms with van der Waals surface area (Å²) in [5.74, 6) is 0. The number of benzene rings is 1. The van der Waals surface area contributed by atoms with E-state index in [0.717, 1.165) is 43.7 Å². The number of aromatic nitrogens is 2. The van der Waals surface area contributed by atoms with Crippen molar-refractivity contribution in [1.82, 2.24) is 14.9 Å². The second-order valence-corrected chi connectivity index (χ2v) is 6.74. The highest BCUT2D eigenvalue weighted by Gasteiger charge is 2.13. The highest BCUT2D eigenvalue weighted by Crippen LogP contribution is 2.15. The zero-order valence-electron chi connectivity index (χ0n) is 15.6. The topological polar surface area (TPSA) is 77.4 Å². The van der Waals surface area contributed by atoms with Gasteiger partial charge in [0.25, 0.3) is 0 Å². The van der Waals surface area contributed by atoms with Gasteiger partial charge in [-0.25, -0.2) is 9.78 Å². The number of hydrogen-bond donors (Lipinski definition) is 2. The van der Waals surface area contributed by atoms with Gasteiger partial charge in [-0.05, 0) is 43.4 Å². The molecule has 1 unspecified atom stereocenters. The van der Waals surface area contributed by atoms with E-state index in [9.17, 15) is 4.79 Å². The Morgan fingerprint density at radius 1 is 1.37 bits per heavy atom. The van der Waals surface area contributed by atoms with E-state index in [1.54, 1.807) is 12.5 Å². The van der Waals surface area contributed by atoms with Gasteiger partial charge in [0.1, 0.15) is 0 Å². The van der Waals surface area contributed by atoms with E-state index in [2.05, 4.69) is 15.6 Å². The third-order valence-electron chi connectivity index (χ3n) is 4.47. The van der Waals surface area contributed by atoms with Gasteiger partial charge in [-0.2, -0.15) is 0 Å². The fourth-order valence-corrected chi connectivity index (χ4v) is 3.04. The Bertz CT molecular complexity index is 684. The zero-order chi connectivity index (χ0) is 18.7. The maximum absolute atomic E-state index is 12.0. The highest BCUT2D eigenvalue weighted by atomic mass is 16.5. The molecule has 2 heterocycles. The van der Waals surface area contributed by atoms with Gasteiger partial charge in [0.2, 0.25) is 0 Å². The van der Waals surface area contributed by atoms with Crippen molar-refractivity contribution in [3.05, 3.63) is 48.5 Å². The molecule has 1 aliphatic heterocycles. The standard InChI is InChI=1S/C20H28N4O3/c25-20(22-8-4-10-24-11-9-21-16-24)23-18-6-3-5-17(13-18)14-26-15-19-7-1-2-12-27-19/h3,5-6,9,11,13,16,19H,1-2,4,7-8,10,12,14-15H2,(H2,22,23,25). The van der Waals surface area contributed by atoms with Gasteiger partial charge in [0.15, 0.2) is 0 Å². The molecule has 7 heteroatoms. The predicted octanol–water partition coefficient (Wildman–Crippen LogP) is 3.18. The number of hydrogen-bond acceptors (Lipinski definition) is 4. The summed E-state index contributed by atoms with van der Waals surface area (Å²) in [7, 11) is 0. The molecule has 1 saturated heterocycles. The Hall–Kier alpha value is -2.38. The number of carbonyl (C=O) groups is 1. The minimum Gasteiger partial charge on any atom is -0.376 e. The molecule has 7 nitrogen and oxygen atoms in total. The average molecular weight is 372 g/mol. The molecular weight excluding hydrogens is 344 g/mol. The van der Waals surface area contributed by atoms with Gasteiger partial charge in [-0.1, -0.05) is 12.1 Å². The van der Waals surface area contributed by atoms with Gasteiger partial charge in [-0.3, -0.25) is 0 Å². The Morgan fingerprint density at radius 3 is 3.15 bits per heavy atom. The molecule has 1 aliphatic rings. The quantitative estimate of drug-likeness (QED) is 0.663. The first-order chi connectivity index (χ1) is 13.3. The Kier molecular flexibility index (Phi) is 7.68. The summed E-state index contributed by atoms with van der Waals surface area (Å²) in [6.45, 7) is 3.41. The predicted molar refractivity (Wildman–Crippen MR) is 104 cm³/mol. The first-order valence-corrected chi connectivity index (χ1v) is 9.58. The van der Waals surface area contributed by atoms with E-state index in [0.29, 0.717) is 19.8 Å². The molecular formula is C20H28N4O3. The SMILES string of the molecule is O=C(NCCCn1ccnc1)Nc1cccc(COCC2CCCCO2)c1. The maximum Gasteiger partial charge on any atom is 0.319 e. The third-order valence-corrected chi connectivity index (χ3v) is 4.47. The fraction of sp³-hybridized carbons (Fsp3) is 0.500. The van der Waals surface area contributed by atoms with Crippen LogP contribution in [0, 0.1) is 0 Å². The second-order valence-electron chi connectivity index (χ2n) is 6.74. The van der Waals surface area contributed by atoms with Crippen molar-refractivity contribution in [3.8, 4) is 0 Å². The smallest absolute Gasteiger partial charge is 0.319 e. The first kappa shape index (κ1) is 19.4. The molecule has 1 fully saturated rings. The molecule has 146 valence electrons. The van der Waals surface area contributed by atoms with Crippen LogP contribution in [0.25, 0.3) is 0 Å². The fourth-order valence-electron chi connectivity index (χ4n) is 3.04. The summed E-state index contributed by atoms with van der Waals surface area (Å²) < 4.78 is 13.4. The number of ether oxygens (including phenoxy) is 2. The molecule has 0 spiro atoms. The number of urea groups is 1. The molecule has 2 aromatic rings. The van der Waals surface area contributed by atoms with Crippen molar-refractivity contribution in [2.45, 2.75) is 44.9 Å². The molecule has 0 saturated carbocycles. The average Bonchev–Trinajstić information content (AvgIpc) is 3.20. The van der Waals surface area contributed by atoms with Gasteiger partial charge in [0, 0.05) is 37.8 Å². The number of imidazole rings is 1. The van der Waals surface area contributed by atoms with Crippen molar-refractivity contribution in [1.29, 1.82) is 0 Å². The van der Waals surface area contributed by atoms with Crippen molar-refractivity contribution >= 4 is 11.7 Å². The number of amides is 2. The van der Waals surface area contributed by atoms with E-state index in [1.165, 1.54) is 6.42 Å². The van der Waals surface area contributed by atoms with E-state index in [-0.39, 0.29) is 12.1 Å². The minimum absolute atomic E-state index is 0.200. The molecule has 27 heavy (non-hydrogen) atoms. The Labute approximate surface area is 160 Å². The van der Waals surface area contributed by atoms with Crippen LogP contribution in [-0.4, -0.2) is 41.4 Å². The molecule has 0 aliphatic carbocycles. The first-order valence-electron chi connectivity index (χ1n) is 9.58.